The van der Waals surface area contributed by atoms with Crippen molar-refractivity contribution in [3.05, 3.63) is 30.4 Å². The van der Waals surface area contributed by atoms with E-state index in [1.165, 1.54) is 0 Å². The van der Waals surface area contributed by atoms with Crippen LogP contribution in [0.2, 0.25) is 0 Å². The Bertz CT molecular complexity index is 608. The average molecular weight is 259 g/mol. The van der Waals surface area contributed by atoms with Gasteiger partial charge in [0.2, 0.25) is 0 Å². The number of nitrogens with one attached hydrogen (secondary N) is 1. The Hall–Kier alpha value is -1.95. The molecule has 3 rings (SSSR count). The number of nitrogens with zero attached hydrogens (tertiary/aromatic N) is 4. The highest BCUT2D eigenvalue weighted by Gasteiger charge is 2.28. The van der Waals surface area contributed by atoms with Gasteiger partial charge in [-0.3, -0.25) is 9.78 Å². The van der Waals surface area contributed by atoms with E-state index in [9.17, 15) is 4.79 Å². The molecule has 1 N–H and O–H groups in total. The third-order valence-electron chi connectivity index (χ3n) is 3.58. The van der Waals surface area contributed by atoms with Crippen LogP contribution in [-0.2, 0) is 0 Å². The van der Waals surface area contributed by atoms with Crippen molar-refractivity contribution >= 4 is 11.4 Å². The minimum atomic E-state index is 0.0313. The van der Waals surface area contributed by atoms with Crippen LogP contribution in [0.1, 0.15) is 24.2 Å². The zero-order valence-corrected chi connectivity index (χ0v) is 11.1. The fraction of sp³-hybridized carbons (Fsp3) is 0.462. The summed E-state index contributed by atoms with van der Waals surface area (Å²) in [5.41, 5.74) is 1.37. The quantitative estimate of drug-likeness (QED) is 0.812. The lowest BCUT2D eigenvalue weighted by molar-refractivity contribution is 0.0618. The van der Waals surface area contributed by atoms with E-state index in [-0.39, 0.29) is 11.9 Å². The van der Waals surface area contributed by atoms with Crippen molar-refractivity contribution in [1.82, 2.24) is 24.8 Å². The van der Waals surface area contributed by atoms with E-state index < -0.39 is 0 Å². The monoisotopic (exact) mass is 259 g/mol. The number of carbonyl (C=O) groups excluding carboxylic acids is 1. The number of fused-ring (bicyclic) bond motifs is 1. The first kappa shape index (κ1) is 12.1. The lowest BCUT2D eigenvalue weighted by atomic mass is 10.1. The Morgan fingerprint density at radius 1 is 1.42 bits per heavy atom. The highest BCUT2D eigenvalue weighted by molar-refractivity contribution is 6.00. The molecule has 1 saturated heterocycles. The fourth-order valence-corrected chi connectivity index (χ4v) is 2.46. The lowest BCUT2D eigenvalue weighted by Gasteiger charge is -2.37. The van der Waals surface area contributed by atoms with Gasteiger partial charge in [-0.05, 0) is 13.8 Å². The van der Waals surface area contributed by atoms with E-state index in [0.717, 1.165) is 18.6 Å². The smallest absolute Gasteiger partial charge is 0.258 e. The van der Waals surface area contributed by atoms with Crippen LogP contribution in [0.15, 0.2) is 24.8 Å². The Kier molecular flexibility index (Phi) is 2.94. The Morgan fingerprint density at radius 3 is 3.11 bits per heavy atom. The van der Waals surface area contributed by atoms with Crippen LogP contribution in [0.3, 0.4) is 0 Å². The largest absolute Gasteiger partial charge is 0.333 e. The van der Waals surface area contributed by atoms with Gasteiger partial charge in [0.1, 0.15) is 0 Å². The minimum absolute atomic E-state index is 0.0313. The van der Waals surface area contributed by atoms with Crippen LogP contribution in [-0.4, -0.2) is 50.6 Å². The van der Waals surface area contributed by atoms with Crippen LogP contribution < -0.4 is 5.32 Å². The normalized spacial score (nSPS) is 23.8. The Balaban J connectivity index is 1.95. The molecule has 6 nitrogen and oxygen atoms in total. The molecule has 0 aromatic carbocycles. The van der Waals surface area contributed by atoms with Gasteiger partial charge in [0.05, 0.1) is 23.5 Å². The standard InChI is InChI=1S/C13H17N5O/c1-9-8-17(10(2)5-15-9)13(19)11-6-16-18-4-3-14-7-12(11)18/h3-4,6-7,9-10,15H,5,8H2,1-2H3. The van der Waals surface area contributed by atoms with Gasteiger partial charge in [-0.2, -0.15) is 5.10 Å². The number of rotatable bonds is 1. The first-order chi connectivity index (χ1) is 9.16. The predicted molar refractivity (Wildman–Crippen MR) is 71.0 cm³/mol. The second-order valence-corrected chi connectivity index (χ2v) is 5.08. The molecule has 2 aromatic heterocycles. The molecule has 0 spiro atoms. The number of amides is 1. The molecular weight excluding hydrogens is 242 g/mol. The van der Waals surface area contributed by atoms with Gasteiger partial charge < -0.3 is 10.2 Å². The number of aromatic nitrogens is 3. The van der Waals surface area contributed by atoms with Gasteiger partial charge in [-0.25, -0.2) is 4.52 Å². The van der Waals surface area contributed by atoms with E-state index in [2.05, 4.69) is 29.2 Å². The van der Waals surface area contributed by atoms with Crippen molar-refractivity contribution < 1.29 is 4.79 Å². The summed E-state index contributed by atoms with van der Waals surface area (Å²) in [4.78, 5) is 18.6. The van der Waals surface area contributed by atoms with Gasteiger partial charge in [0.25, 0.3) is 5.91 Å². The molecule has 1 aliphatic rings. The number of hydrogen-bond acceptors (Lipinski definition) is 4. The molecule has 19 heavy (non-hydrogen) atoms. The summed E-state index contributed by atoms with van der Waals surface area (Å²) < 4.78 is 1.68. The van der Waals surface area contributed by atoms with Crippen molar-refractivity contribution in [3.8, 4) is 0 Å². The molecule has 100 valence electrons. The number of carbonyl (C=O) groups is 1. The van der Waals surface area contributed by atoms with E-state index in [4.69, 9.17) is 0 Å². The third kappa shape index (κ3) is 2.08. The molecule has 2 atom stereocenters. The van der Waals surface area contributed by atoms with E-state index in [1.54, 1.807) is 29.3 Å². The Morgan fingerprint density at radius 2 is 2.26 bits per heavy atom. The maximum absolute atomic E-state index is 12.6. The van der Waals surface area contributed by atoms with Gasteiger partial charge in [-0.1, -0.05) is 0 Å². The van der Waals surface area contributed by atoms with Gasteiger partial charge in [-0.15, -0.1) is 0 Å². The molecule has 2 aromatic rings. The first-order valence-corrected chi connectivity index (χ1v) is 6.48. The van der Waals surface area contributed by atoms with Gasteiger partial charge in [0, 0.05) is 37.6 Å². The molecule has 6 heteroatoms. The fourth-order valence-electron chi connectivity index (χ4n) is 2.46. The summed E-state index contributed by atoms with van der Waals surface area (Å²) in [7, 11) is 0. The summed E-state index contributed by atoms with van der Waals surface area (Å²) in [6.07, 6.45) is 6.70. The number of piperazine rings is 1. The predicted octanol–water partition coefficient (Wildman–Crippen LogP) is 0.552. The summed E-state index contributed by atoms with van der Waals surface area (Å²) >= 11 is 0. The maximum Gasteiger partial charge on any atom is 0.258 e. The van der Waals surface area contributed by atoms with Crippen LogP contribution in [0.25, 0.3) is 5.52 Å². The van der Waals surface area contributed by atoms with Gasteiger partial charge >= 0.3 is 0 Å². The molecule has 0 aliphatic carbocycles. The summed E-state index contributed by atoms with van der Waals surface area (Å²) in [6.45, 7) is 5.69. The minimum Gasteiger partial charge on any atom is -0.333 e. The van der Waals surface area contributed by atoms with Crippen LogP contribution in [0.5, 0.6) is 0 Å². The van der Waals surface area contributed by atoms with Crippen LogP contribution >= 0.6 is 0 Å². The molecule has 1 aliphatic heterocycles. The van der Waals surface area contributed by atoms with E-state index in [0.29, 0.717) is 11.6 Å². The second-order valence-electron chi connectivity index (χ2n) is 5.08. The molecule has 2 unspecified atom stereocenters. The highest BCUT2D eigenvalue weighted by atomic mass is 16.2. The van der Waals surface area contributed by atoms with Crippen molar-refractivity contribution in [2.45, 2.75) is 25.9 Å². The molecule has 0 saturated carbocycles. The summed E-state index contributed by atoms with van der Waals surface area (Å²) in [5.74, 6) is 0.0313. The highest BCUT2D eigenvalue weighted by Crippen LogP contribution is 2.16. The molecule has 3 heterocycles. The van der Waals surface area contributed by atoms with Crippen molar-refractivity contribution in [2.24, 2.45) is 0 Å². The SMILES string of the molecule is CC1CN(C(=O)c2cnn3ccncc23)C(C)CN1. The van der Waals surface area contributed by atoms with Crippen LogP contribution in [0, 0.1) is 0 Å². The molecule has 1 fully saturated rings. The molecule has 0 bridgehead atoms. The first-order valence-electron chi connectivity index (χ1n) is 6.48. The second kappa shape index (κ2) is 4.62. The summed E-state index contributed by atoms with van der Waals surface area (Å²) in [5, 5.41) is 7.56. The molecular formula is C13H17N5O. The average Bonchev–Trinajstić information content (AvgIpc) is 2.84. The zero-order valence-electron chi connectivity index (χ0n) is 11.1. The van der Waals surface area contributed by atoms with E-state index >= 15 is 0 Å². The zero-order chi connectivity index (χ0) is 13.4. The third-order valence-corrected chi connectivity index (χ3v) is 3.58. The Labute approximate surface area is 111 Å². The van der Waals surface area contributed by atoms with Crippen LogP contribution in [0.4, 0.5) is 0 Å². The van der Waals surface area contributed by atoms with Crippen molar-refractivity contribution in [3.63, 3.8) is 0 Å². The van der Waals surface area contributed by atoms with Gasteiger partial charge in [0.15, 0.2) is 0 Å². The molecule has 0 radical (unpaired) electrons. The lowest BCUT2D eigenvalue weighted by Crippen LogP contribution is -2.56. The molecule has 1 amide bonds. The maximum atomic E-state index is 12.6. The summed E-state index contributed by atoms with van der Waals surface area (Å²) in [6, 6.07) is 0.510. The van der Waals surface area contributed by atoms with Crippen molar-refractivity contribution in [2.75, 3.05) is 13.1 Å². The number of hydrogen-bond donors (Lipinski definition) is 1. The van der Waals surface area contributed by atoms with E-state index in [1.807, 2.05) is 4.90 Å². The topological polar surface area (TPSA) is 62.5 Å². The van der Waals surface area contributed by atoms with Crippen molar-refractivity contribution in [1.29, 1.82) is 0 Å².